The number of rotatable bonds is 4. The first kappa shape index (κ1) is 11.0. The van der Waals surface area contributed by atoms with Crippen LogP contribution in [0.25, 0.3) is 0 Å². The summed E-state index contributed by atoms with van der Waals surface area (Å²) >= 11 is 0. The van der Waals surface area contributed by atoms with E-state index < -0.39 is 0 Å². The molecule has 0 aromatic carbocycles. The first-order valence-corrected chi connectivity index (χ1v) is 5.80. The summed E-state index contributed by atoms with van der Waals surface area (Å²) in [6.45, 7) is 7.83. The van der Waals surface area contributed by atoms with Gasteiger partial charge in [-0.2, -0.15) is 0 Å². The second kappa shape index (κ2) is 5.64. The van der Waals surface area contributed by atoms with Gasteiger partial charge in [0.1, 0.15) is 0 Å². The van der Waals surface area contributed by atoms with Crippen molar-refractivity contribution in [3.05, 3.63) is 0 Å². The van der Waals surface area contributed by atoms with Crippen molar-refractivity contribution in [3.63, 3.8) is 0 Å². The topological polar surface area (TPSA) is 9.23 Å². The maximum atomic E-state index is 5.84. The molecule has 0 spiro atoms. The highest BCUT2D eigenvalue weighted by molar-refractivity contribution is 4.69. The molecule has 0 aromatic rings. The van der Waals surface area contributed by atoms with Crippen LogP contribution < -0.4 is 0 Å². The minimum Gasteiger partial charge on any atom is -0.378 e. The average Bonchev–Trinajstić information content (AvgIpc) is 2.08. The van der Waals surface area contributed by atoms with Crippen molar-refractivity contribution >= 4 is 0 Å². The van der Waals surface area contributed by atoms with Crippen LogP contribution in [0.2, 0.25) is 0 Å². The van der Waals surface area contributed by atoms with Gasteiger partial charge in [-0.1, -0.05) is 20.8 Å². The van der Waals surface area contributed by atoms with Gasteiger partial charge in [-0.3, -0.25) is 0 Å². The molecule has 13 heavy (non-hydrogen) atoms. The van der Waals surface area contributed by atoms with Gasteiger partial charge in [-0.05, 0) is 43.9 Å². The third-order valence-electron chi connectivity index (χ3n) is 3.01. The summed E-state index contributed by atoms with van der Waals surface area (Å²) in [5.74, 6) is 1.72. The second-order valence-electron chi connectivity index (χ2n) is 4.94. The summed E-state index contributed by atoms with van der Waals surface area (Å²) in [6.07, 6.45) is 7.11. The fraction of sp³-hybridized carbons (Fsp3) is 1.00. The molecule has 1 heteroatoms. The van der Waals surface area contributed by atoms with Crippen molar-refractivity contribution < 1.29 is 4.74 Å². The zero-order valence-electron chi connectivity index (χ0n) is 9.38. The maximum Gasteiger partial charge on any atom is 0.0575 e. The molecule has 0 saturated heterocycles. The summed E-state index contributed by atoms with van der Waals surface area (Å²) in [4.78, 5) is 0. The molecule has 0 amide bonds. The lowest BCUT2D eigenvalue weighted by molar-refractivity contribution is 0.0148. The predicted octanol–water partition coefficient (Wildman–Crippen LogP) is 3.63. The molecule has 1 nitrogen and oxygen atoms in total. The van der Waals surface area contributed by atoms with E-state index in [0.29, 0.717) is 6.10 Å². The minimum absolute atomic E-state index is 0.579. The van der Waals surface area contributed by atoms with Crippen LogP contribution in [0.4, 0.5) is 0 Å². The fourth-order valence-electron chi connectivity index (χ4n) is 1.87. The van der Waals surface area contributed by atoms with Crippen molar-refractivity contribution in [2.75, 3.05) is 6.61 Å². The fourth-order valence-corrected chi connectivity index (χ4v) is 1.87. The Morgan fingerprint density at radius 3 is 2.31 bits per heavy atom. The highest BCUT2D eigenvalue weighted by atomic mass is 16.5. The van der Waals surface area contributed by atoms with E-state index in [9.17, 15) is 0 Å². The van der Waals surface area contributed by atoms with Gasteiger partial charge in [0.05, 0.1) is 6.10 Å². The quantitative estimate of drug-likeness (QED) is 0.648. The van der Waals surface area contributed by atoms with Crippen molar-refractivity contribution in [1.29, 1.82) is 0 Å². The first-order chi connectivity index (χ1) is 6.18. The molecular formula is C12H24O. The Bertz CT molecular complexity index is 123. The van der Waals surface area contributed by atoms with Crippen LogP contribution in [0.3, 0.4) is 0 Å². The molecule has 0 N–H and O–H groups in total. The van der Waals surface area contributed by atoms with E-state index in [0.717, 1.165) is 18.4 Å². The SMILES string of the molecule is CC(C)CCOC1CCC(C)CC1. The van der Waals surface area contributed by atoms with Gasteiger partial charge in [-0.15, -0.1) is 0 Å². The smallest absolute Gasteiger partial charge is 0.0575 e. The molecule has 78 valence electrons. The van der Waals surface area contributed by atoms with Crippen molar-refractivity contribution in [2.45, 2.75) is 59.0 Å². The molecule has 0 aliphatic heterocycles. The van der Waals surface area contributed by atoms with Gasteiger partial charge in [0.25, 0.3) is 0 Å². The first-order valence-electron chi connectivity index (χ1n) is 5.80. The molecule has 0 radical (unpaired) electrons. The molecular weight excluding hydrogens is 160 g/mol. The van der Waals surface area contributed by atoms with Gasteiger partial charge in [-0.25, -0.2) is 0 Å². The Morgan fingerprint density at radius 1 is 1.15 bits per heavy atom. The number of ether oxygens (including phenoxy) is 1. The lowest BCUT2D eigenvalue weighted by atomic mass is 9.89. The van der Waals surface area contributed by atoms with Gasteiger partial charge in [0.15, 0.2) is 0 Å². The maximum absolute atomic E-state index is 5.84. The monoisotopic (exact) mass is 184 g/mol. The van der Waals surface area contributed by atoms with E-state index in [1.54, 1.807) is 0 Å². The summed E-state index contributed by atoms with van der Waals surface area (Å²) < 4.78 is 5.84. The van der Waals surface area contributed by atoms with E-state index in [1.165, 1.54) is 32.1 Å². The Morgan fingerprint density at radius 2 is 1.77 bits per heavy atom. The zero-order valence-corrected chi connectivity index (χ0v) is 9.38. The summed E-state index contributed by atoms with van der Waals surface area (Å²) in [7, 11) is 0. The van der Waals surface area contributed by atoms with Crippen LogP contribution >= 0.6 is 0 Å². The van der Waals surface area contributed by atoms with E-state index in [1.807, 2.05) is 0 Å². The molecule has 0 bridgehead atoms. The van der Waals surface area contributed by atoms with Crippen LogP contribution in [-0.4, -0.2) is 12.7 Å². The van der Waals surface area contributed by atoms with Crippen LogP contribution in [0.15, 0.2) is 0 Å². The predicted molar refractivity (Wildman–Crippen MR) is 56.8 cm³/mol. The number of hydrogen-bond donors (Lipinski definition) is 0. The highest BCUT2D eigenvalue weighted by Gasteiger charge is 2.18. The third-order valence-corrected chi connectivity index (χ3v) is 3.01. The largest absolute Gasteiger partial charge is 0.378 e. The summed E-state index contributed by atoms with van der Waals surface area (Å²) in [5.41, 5.74) is 0. The highest BCUT2D eigenvalue weighted by Crippen LogP contribution is 2.25. The van der Waals surface area contributed by atoms with E-state index in [-0.39, 0.29) is 0 Å². The average molecular weight is 184 g/mol. The molecule has 1 aliphatic carbocycles. The molecule has 0 unspecified atom stereocenters. The molecule has 0 heterocycles. The van der Waals surface area contributed by atoms with Crippen LogP contribution in [0.5, 0.6) is 0 Å². The lowest BCUT2D eigenvalue weighted by Crippen LogP contribution is -2.21. The van der Waals surface area contributed by atoms with E-state index in [2.05, 4.69) is 20.8 Å². The van der Waals surface area contributed by atoms with Crippen molar-refractivity contribution in [3.8, 4) is 0 Å². The molecule has 1 fully saturated rings. The molecule has 0 atom stereocenters. The van der Waals surface area contributed by atoms with Gasteiger partial charge < -0.3 is 4.74 Å². The Labute approximate surface area is 82.9 Å². The number of hydrogen-bond acceptors (Lipinski definition) is 1. The summed E-state index contributed by atoms with van der Waals surface area (Å²) in [6, 6.07) is 0. The second-order valence-corrected chi connectivity index (χ2v) is 4.94. The van der Waals surface area contributed by atoms with Gasteiger partial charge in [0, 0.05) is 6.61 Å². The van der Waals surface area contributed by atoms with Crippen LogP contribution in [0.1, 0.15) is 52.9 Å². The molecule has 0 aromatic heterocycles. The molecule has 1 aliphatic rings. The summed E-state index contributed by atoms with van der Waals surface area (Å²) in [5, 5.41) is 0. The van der Waals surface area contributed by atoms with E-state index in [4.69, 9.17) is 4.74 Å². The molecule has 1 rings (SSSR count). The normalized spacial score (nSPS) is 29.5. The standard InChI is InChI=1S/C12H24O/c1-10(2)8-9-13-12-6-4-11(3)5-7-12/h10-12H,4-9H2,1-3H3. The molecule has 1 saturated carbocycles. The lowest BCUT2D eigenvalue weighted by Gasteiger charge is -2.26. The Kier molecular flexibility index (Phi) is 4.79. The van der Waals surface area contributed by atoms with E-state index >= 15 is 0 Å². The van der Waals surface area contributed by atoms with Gasteiger partial charge in [0.2, 0.25) is 0 Å². The van der Waals surface area contributed by atoms with Crippen molar-refractivity contribution in [1.82, 2.24) is 0 Å². The Balaban J connectivity index is 2.02. The minimum atomic E-state index is 0.579. The van der Waals surface area contributed by atoms with Gasteiger partial charge >= 0.3 is 0 Å². The zero-order chi connectivity index (χ0) is 9.68. The van der Waals surface area contributed by atoms with Crippen LogP contribution in [0, 0.1) is 11.8 Å². The van der Waals surface area contributed by atoms with Crippen molar-refractivity contribution in [2.24, 2.45) is 11.8 Å². The third kappa shape index (κ3) is 4.66. The Hall–Kier alpha value is -0.0400. The van der Waals surface area contributed by atoms with Crippen LogP contribution in [-0.2, 0) is 4.74 Å².